The monoisotopic (exact) mass is 460 g/mol. The normalized spacial score (nSPS) is 17.2. The molecule has 1 N–H and O–H groups in total. The molecule has 5 rings (SSSR count). The molecule has 0 radical (unpaired) electrons. The fourth-order valence-electron chi connectivity index (χ4n) is 4.57. The largest absolute Gasteiger partial charge is 0.507 e. The first-order valence-electron chi connectivity index (χ1n) is 11.4. The number of allylic oxidation sites excluding steroid dienone is 1. The fraction of sp³-hybridized carbons (Fsp3) is 0.296. The molecule has 1 aromatic heterocycles. The predicted molar refractivity (Wildman–Crippen MR) is 130 cm³/mol. The third-order valence-corrected chi connectivity index (χ3v) is 6.45. The number of benzene rings is 2. The molecule has 176 valence electrons. The lowest BCUT2D eigenvalue weighted by Gasteiger charge is -2.36. The molecule has 34 heavy (non-hydrogen) atoms. The molecule has 0 bridgehead atoms. The average Bonchev–Trinajstić information content (AvgIpc) is 3.40. The van der Waals surface area contributed by atoms with Crippen molar-refractivity contribution in [2.45, 2.75) is 20.4 Å². The van der Waals surface area contributed by atoms with Gasteiger partial charge in [-0.05, 0) is 61.9 Å². The second-order valence-corrected chi connectivity index (χ2v) is 8.74. The Balaban J connectivity index is 1.33. The Morgan fingerprint density at radius 1 is 1.06 bits per heavy atom. The summed E-state index contributed by atoms with van der Waals surface area (Å²) >= 11 is 0. The summed E-state index contributed by atoms with van der Waals surface area (Å²) in [7, 11) is 1.67. The number of Topliss-reactive ketones (excluding diaryl/α,β-unsaturated/α-hetero) is 1. The Bertz CT molecular complexity index is 1250. The van der Waals surface area contributed by atoms with Crippen LogP contribution in [0.4, 0.5) is 5.69 Å². The first kappa shape index (κ1) is 22.1. The van der Waals surface area contributed by atoms with Crippen molar-refractivity contribution in [2.75, 3.05) is 38.2 Å². The highest BCUT2D eigenvalue weighted by atomic mass is 16.5. The molecule has 0 amide bonds. The van der Waals surface area contributed by atoms with Gasteiger partial charge in [0.05, 0.1) is 18.2 Å². The van der Waals surface area contributed by atoms with Gasteiger partial charge in [-0.25, -0.2) is 0 Å². The van der Waals surface area contributed by atoms with E-state index in [1.807, 2.05) is 32.0 Å². The zero-order valence-corrected chi connectivity index (χ0v) is 19.6. The maximum absolute atomic E-state index is 13.1. The molecular weight excluding hydrogens is 432 g/mol. The van der Waals surface area contributed by atoms with E-state index in [-0.39, 0.29) is 17.3 Å². The Morgan fingerprint density at radius 2 is 1.79 bits per heavy atom. The van der Waals surface area contributed by atoms with Crippen molar-refractivity contribution in [3.63, 3.8) is 0 Å². The highest BCUT2D eigenvalue weighted by molar-refractivity contribution is 6.15. The molecule has 1 saturated heterocycles. The quantitative estimate of drug-likeness (QED) is 0.560. The predicted octanol–water partition coefficient (Wildman–Crippen LogP) is 4.55. The molecule has 2 aromatic carbocycles. The molecule has 2 aliphatic heterocycles. The number of piperazine rings is 1. The zero-order valence-electron chi connectivity index (χ0n) is 19.6. The molecule has 7 heteroatoms. The van der Waals surface area contributed by atoms with Crippen LogP contribution in [0.15, 0.2) is 52.6 Å². The summed E-state index contributed by atoms with van der Waals surface area (Å²) < 4.78 is 16.9. The van der Waals surface area contributed by atoms with E-state index in [2.05, 4.69) is 21.9 Å². The van der Waals surface area contributed by atoms with Gasteiger partial charge in [-0.2, -0.15) is 0 Å². The number of hydrogen-bond acceptors (Lipinski definition) is 7. The van der Waals surface area contributed by atoms with Gasteiger partial charge in [0.2, 0.25) is 5.78 Å². The number of fused-ring (bicyclic) bond motifs is 1. The number of phenols is 1. The van der Waals surface area contributed by atoms with Crippen LogP contribution in [-0.2, 0) is 6.54 Å². The summed E-state index contributed by atoms with van der Waals surface area (Å²) in [5, 5.41) is 10.8. The van der Waals surface area contributed by atoms with Crippen LogP contribution in [0.2, 0.25) is 0 Å². The lowest BCUT2D eigenvalue weighted by molar-refractivity contribution is 0.101. The van der Waals surface area contributed by atoms with Crippen LogP contribution < -0.4 is 14.4 Å². The minimum atomic E-state index is -0.188. The van der Waals surface area contributed by atoms with Crippen molar-refractivity contribution in [1.82, 2.24) is 4.90 Å². The third kappa shape index (κ3) is 4.15. The van der Waals surface area contributed by atoms with Crippen molar-refractivity contribution >= 4 is 17.5 Å². The molecule has 0 saturated carbocycles. The molecule has 1 fully saturated rings. The van der Waals surface area contributed by atoms with Gasteiger partial charge in [0.1, 0.15) is 28.8 Å². The lowest BCUT2D eigenvalue weighted by atomic mass is 9.99. The standard InChI is InChI=1S/C27H28N2O5/c1-17-14-23(30)22(27-25(17)26(31)24(34-27)15-21-7-4-18(2)33-21)16-28-10-12-29(13-11-28)19-5-8-20(32-3)9-6-19/h4-9,14-15,30H,10-13,16H2,1-3H3/b24-15-. The summed E-state index contributed by atoms with van der Waals surface area (Å²) in [4.78, 5) is 17.7. The fourth-order valence-corrected chi connectivity index (χ4v) is 4.57. The number of furan rings is 1. The van der Waals surface area contributed by atoms with Gasteiger partial charge >= 0.3 is 0 Å². The van der Waals surface area contributed by atoms with Crippen LogP contribution in [-0.4, -0.2) is 49.1 Å². The van der Waals surface area contributed by atoms with Gasteiger partial charge < -0.3 is 23.9 Å². The molecule has 7 nitrogen and oxygen atoms in total. The third-order valence-electron chi connectivity index (χ3n) is 6.45. The van der Waals surface area contributed by atoms with Crippen LogP contribution >= 0.6 is 0 Å². The van der Waals surface area contributed by atoms with E-state index < -0.39 is 0 Å². The van der Waals surface area contributed by atoms with Gasteiger partial charge in [0.15, 0.2) is 5.76 Å². The molecule has 0 atom stereocenters. The number of hydrogen-bond donors (Lipinski definition) is 1. The summed E-state index contributed by atoms with van der Waals surface area (Å²) in [6.07, 6.45) is 1.61. The zero-order chi connectivity index (χ0) is 23.8. The molecule has 0 spiro atoms. The summed E-state index contributed by atoms with van der Waals surface area (Å²) in [5.41, 5.74) is 3.02. The van der Waals surface area contributed by atoms with Crippen molar-refractivity contribution < 1.29 is 23.8 Å². The van der Waals surface area contributed by atoms with Crippen LogP contribution in [0.3, 0.4) is 0 Å². The van der Waals surface area contributed by atoms with Gasteiger partial charge in [0, 0.05) is 44.5 Å². The average molecular weight is 461 g/mol. The maximum atomic E-state index is 13.1. The molecule has 0 unspecified atom stereocenters. The molecular formula is C27H28N2O5. The van der Waals surface area contributed by atoms with Crippen molar-refractivity contribution in [3.05, 3.63) is 76.4 Å². The molecule has 3 heterocycles. The van der Waals surface area contributed by atoms with Gasteiger partial charge in [0.25, 0.3) is 0 Å². The lowest BCUT2D eigenvalue weighted by Crippen LogP contribution is -2.46. The van der Waals surface area contributed by atoms with Crippen LogP contribution in [0.5, 0.6) is 17.2 Å². The first-order valence-corrected chi connectivity index (χ1v) is 11.4. The van der Waals surface area contributed by atoms with Crippen LogP contribution in [0.1, 0.15) is 33.0 Å². The minimum absolute atomic E-state index is 0.150. The van der Waals surface area contributed by atoms with Gasteiger partial charge in [-0.15, -0.1) is 0 Å². The second kappa shape index (κ2) is 8.91. The van der Waals surface area contributed by atoms with E-state index >= 15 is 0 Å². The van der Waals surface area contributed by atoms with E-state index in [1.54, 1.807) is 25.3 Å². The number of methoxy groups -OCH3 is 1. The van der Waals surface area contributed by atoms with Crippen molar-refractivity contribution in [3.8, 4) is 17.2 Å². The van der Waals surface area contributed by atoms with E-state index in [0.717, 1.165) is 43.4 Å². The highest BCUT2D eigenvalue weighted by Crippen LogP contribution is 2.42. The molecule has 0 aliphatic carbocycles. The van der Waals surface area contributed by atoms with Crippen molar-refractivity contribution in [2.24, 2.45) is 0 Å². The van der Waals surface area contributed by atoms with E-state index in [4.69, 9.17) is 13.9 Å². The number of anilines is 1. The molecule has 2 aliphatic rings. The summed E-state index contributed by atoms with van der Waals surface area (Å²) in [5.74, 6) is 2.79. The Kier molecular flexibility index (Phi) is 5.79. The number of aryl methyl sites for hydroxylation is 2. The number of rotatable bonds is 5. The van der Waals surface area contributed by atoms with E-state index in [9.17, 15) is 9.90 Å². The number of carbonyl (C=O) groups excluding carboxylic acids is 1. The molecule has 3 aromatic rings. The maximum Gasteiger partial charge on any atom is 0.232 e. The Morgan fingerprint density at radius 3 is 2.44 bits per heavy atom. The summed E-state index contributed by atoms with van der Waals surface area (Å²) in [6.45, 7) is 7.56. The van der Waals surface area contributed by atoms with Gasteiger partial charge in [-0.1, -0.05) is 0 Å². The summed E-state index contributed by atoms with van der Waals surface area (Å²) in [6, 6.07) is 13.4. The van der Waals surface area contributed by atoms with Crippen LogP contribution in [0.25, 0.3) is 6.08 Å². The van der Waals surface area contributed by atoms with E-state index in [0.29, 0.717) is 34.7 Å². The number of carbonyl (C=O) groups is 1. The number of aromatic hydroxyl groups is 1. The highest BCUT2D eigenvalue weighted by Gasteiger charge is 2.34. The topological polar surface area (TPSA) is 75.4 Å². The van der Waals surface area contributed by atoms with Crippen molar-refractivity contribution in [1.29, 1.82) is 0 Å². The number of ether oxygens (including phenoxy) is 2. The Hall–Kier alpha value is -3.71. The first-order chi connectivity index (χ1) is 16.4. The SMILES string of the molecule is COc1ccc(N2CCN(Cc3c(O)cc(C)c4c3O/C(=C\c3ccc(C)o3)C4=O)CC2)cc1. The van der Waals surface area contributed by atoms with Gasteiger partial charge in [-0.3, -0.25) is 9.69 Å². The number of phenolic OH excluding ortho intramolecular Hbond substituents is 1. The number of ketones is 1. The second-order valence-electron chi connectivity index (χ2n) is 8.74. The Labute approximate surface area is 198 Å². The van der Waals surface area contributed by atoms with Crippen LogP contribution in [0, 0.1) is 13.8 Å². The smallest absolute Gasteiger partial charge is 0.232 e. The minimum Gasteiger partial charge on any atom is -0.507 e. The number of nitrogens with zero attached hydrogens (tertiary/aromatic N) is 2. The van der Waals surface area contributed by atoms with E-state index in [1.165, 1.54) is 0 Å².